The fourth-order valence-corrected chi connectivity index (χ4v) is 3.70. The molecule has 3 nitrogen and oxygen atoms in total. The van der Waals surface area contributed by atoms with Crippen LogP contribution >= 0.6 is 12.4 Å². The van der Waals surface area contributed by atoms with Gasteiger partial charge < -0.3 is 10.4 Å². The van der Waals surface area contributed by atoms with Gasteiger partial charge in [-0.15, -0.1) is 12.4 Å². The van der Waals surface area contributed by atoms with E-state index in [0.29, 0.717) is 6.17 Å². The molecule has 0 amide bonds. The van der Waals surface area contributed by atoms with E-state index >= 15 is 0 Å². The summed E-state index contributed by atoms with van der Waals surface area (Å²) < 4.78 is 0. The fourth-order valence-electron chi connectivity index (χ4n) is 3.70. The smallest absolute Gasteiger partial charge is 0.0598 e. The van der Waals surface area contributed by atoms with Crippen molar-refractivity contribution < 1.29 is 5.11 Å². The van der Waals surface area contributed by atoms with Gasteiger partial charge in [0.05, 0.1) is 12.8 Å². The fraction of sp³-hybridized carbons (Fsp3) is 1.00. The number of hydrogen-bond donors (Lipinski definition) is 2. The molecule has 0 aliphatic carbocycles. The van der Waals surface area contributed by atoms with Crippen LogP contribution in [0.2, 0.25) is 0 Å². The van der Waals surface area contributed by atoms with E-state index in [9.17, 15) is 0 Å². The van der Waals surface area contributed by atoms with E-state index in [1.807, 2.05) is 0 Å². The standard InChI is InChI=1S/C20H42N2O.ClH/c1-2-3-4-5-6-7-8-9-10-11-12-13-14-15-20-21-16-17-22(20)18-19-23;/h20-21,23H,2-19H2,1H3;1H. The molecule has 1 unspecified atom stereocenters. The zero-order chi connectivity index (χ0) is 16.6. The van der Waals surface area contributed by atoms with Gasteiger partial charge in [0.15, 0.2) is 0 Å². The third-order valence-corrected chi connectivity index (χ3v) is 5.19. The lowest BCUT2D eigenvalue weighted by Gasteiger charge is -2.22. The minimum absolute atomic E-state index is 0. The van der Waals surface area contributed by atoms with Crippen LogP contribution in [0.25, 0.3) is 0 Å². The average molecular weight is 363 g/mol. The number of unbranched alkanes of at least 4 members (excludes halogenated alkanes) is 12. The third-order valence-electron chi connectivity index (χ3n) is 5.19. The van der Waals surface area contributed by atoms with E-state index in [2.05, 4.69) is 17.1 Å². The second-order valence-corrected chi connectivity index (χ2v) is 7.26. The molecule has 4 heteroatoms. The lowest BCUT2D eigenvalue weighted by Crippen LogP contribution is -2.37. The summed E-state index contributed by atoms with van der Waals surface area (Å²) in [6.45, 7) is 5.59. The monoisotopic (exact) mass is 362 g/mol. The molecule has 1 heterocycles. The molecule has 0 radical (unpaired) electrons. The van der Waals surface area contributed by atoms with Crippen LogP contribution in [0.15, 0.2) is 0 Å². The zero-order valence-electron chi connectivity index (χ0n) is 16.1. The van der Waals surface area contributed by atoms with Crippen LogP contribution in [0.4, 0.5) is 0 Å². The maximum Gasteiger partial charge on any atom is 0.0598 e. The Hall–Kier alpha value is 0.170. The molecule has 0 aromatic carbocycles. The van der Waals surface area contributed by atoms with Crippen molar-refractivity contribution in [3.05, 3.63) is 0 Å². The van der Waals surface area contributed by atoms with Crippen molar-refractivity contribution in [1.29, 1.82) is 0 Å². The van der Waals surface area contributed by atoms with Crippen molar-refractivity contribution >= 4 is 12.4 Å². The maximum absolute atomic E-state index is 9.06. The van der Waals surface area contributed by atoms with Gasteiger partial charge in [0, 0.05) is 19.6 Å². The number of β-amino-alcohol motifs (C(OH)–C–C–N with tert-alkyl or cyclic N) is 1. The first-order chi connectivity index (χ1) is 11.4. The Morgan fingerprint density at radius 1 is 0.833 bits per heavy atom. The van der Waals surface area contributed by atoms with Gasteiger partial charge in [0.25, 0.3) is 0 Å². The van der Waals surface area contributed by atoms with E-state index in [4.69, 9.17) is 5.11 Å². The SMILES string of the molecule is CCCCCCCCCCCCCCCC1NCCN1CCO.Cl. The number of nitrogens with one attached hydrogen (secondary N) is 1. The Kier molecular flexibility index (Phi) is 18.1. The summed E-state index contributed by atoms with van der Waals surface area (Å²) in [4.78, 5) is 2.39. The predicted molar refractivity (Wildman–Crippen MR) is 108 cm³/mol. The van der Waals surface area contributed by atoms with Gasteiger partial charge in [0.2, 0.25) is 0 Å². The summed E-state index contributed by atoms with van der Waals surface area (Å²) >= 11 is 0. The highest BCUT2D eigenvalue weighted by Crippen LogP contribution is 2.15. The highest BCUT2D eigenvalue weighted by molar-refractivity contribution is 5.85. The van der Waals surface area contributed by atoms with Crippen molar-refractivity contribution in [3.63, 3.8) is 0 Å². The Bertz CT molecular complexity index is 254. The van der Waals surface area contributed by atoms with Gasteiger partial charge in [0.1, 0.15) is 0 Å². The number of halogens is 1. The number of aliphatic hydroxyl groups is 1. The summed E-state index contributed by atoms with van der Waals surface area (Å²) in [6, 6.07) is 0. The molecular formula is C20H43ClN2O. The first-order valence-electron chi connectivity index (χ1n) is 10.5. The van der Waals surface area contributed by atoms with Crippen molar-refractivity contribution in [2.24, 2.45) is 0 Å². The Labute approximate surface area is 157 Å². The molecule has 1 saturated heterocycles. The van der Waals surface area contributed by atoms with Crippen molar-refractivity contribution in [2.75, 3.05) is 26.2 Å². The number of rotatable bonds is 16. The molecule has 0 spiro atoms. The van der Waals surface area contributed by atoms with Gasteiger partial charge in [-0.3, -0.25) is 4.90 Å². The predicted octanol–water partition coefficient (Wildman–Crippen LogP) is 5.11. The summed E-state index contributed by atoms with van der Waals surface area (Å²) in [5.74, 6) is 0. The minimum atomic E-state index is 0. The van der Waals surface area contributed by atoms with E-state index < -0.39 is 0 Å². The molecule has 24 heavy (non-hydrogen) atoms. The van der Waals surface area contributed by atoms with Crippen LogP contribution in [-0.2, 0) is 0 Å². The molecule has 0 aromatic heterocycles. The van der Waals surface area contributed by atoms with Crippen LogP contribution < -0.4 is 5.32 Å². The van der Waals surface area contributed by atoms with Crippen molar-refractivity contribution in [1.82, 2.24) is 10.2 Å². The van der Waals surface area contributed by atoms with E-state index in [1.165, 1.54) is 89.9 Å². The quantitative estimate of drug-likeness (QED) is 0.374. The lowest BCUT2D eigenvalue weighted by molar-refractivity contribution is 0.171. The summed E-state index contributed by atoms with van der Waals surface area (Å²) in [5, 5.41) is 12.6. The molecule has 1 aliphatic heterocycles. The zero-order valence-corrected chi connectivity index (χ0v) is 16.9. The Morgan fingerprint density at radius 2 is 1.33 bits per heavy atom. The summed E-state index contributed by atoms with van der Waals surface area (Å²) in [5.41, 5.74) is 0. The van der Waals surface area contributed by atoms with Gasteiger partial charge in [-0.05, 0) is 6.42 Å². The minimum Gasteiger partial charge on any atom is -0.395 e. The molecule has 0 aromatic rings. The molecule has 1 fully saturated rings. The highest BCUT2D eigenvalue weighted by atomic mass is 35.5. The van der Waals surface area contributed by atoms with Gasteiger partial charge in [-0.2, -0.15) is 0 Å². The van der Waals surface area contributed by atoms with Gasteiger partial charge in [-0.25, -0.2) is 0 Å². The number of nitrogens with zero attached hydrogens (tertiary/aromatic N) is 1. The van der Waals surface area contributed by atoms with E-state index in [-0.39, 0.29) is 19.0 Å². The van der Waals surface area contributed by atoms with Gasteiger partial charge >= 0.3 is 0 Å². The largest absolute Gasteiger partial charge is 0.395 e. The van der Waals surface area contributed by atoms with Crippen LogP contribution in [0.5, 0.6) is 0 Å². The first kappa shape index (κ1) is 24.2. The van der Waals surface area contributed by atoms with Gasteiger partial charge in [-0.1, -0.05) is 90.4 Å². The second-order valence-electron chi connectivity index (χ2n) is 7.26. The molecule has 1 aliphatic rings. The molecule has 0 bridgehead atoms. The third kappa shape index (κ3) is 12.5. The van der Waals surface area contributed by atoms with Crippen molar-refractivity contribution in [2.45, 2.75) is 103 Å². The highest BCUT2D eigenvalue weighted by Gasteiger charge is 2.22. The number of hydrogen-bond acceptors (Lipinski definition) is 3. The lowest BCUT2D eigenvalue weighted by atomic mass is 10.0. The second kappa shape index (κ2) is 18.0. The summed E-state index contributed by atoms with van der Waals surface area (Å²) in [7, 11) is 0. The summed E-state index contributed by atoms with van der Waals surface area (Å²) in [6.07, 6.45) is 20.2. The normalized spacial score (nSPS) is 18.0. The van der Waals surface area contributed by atoms with Crippen molar-refractivity contribution in [3.8, 4) is 0 Å². The van der Waals surface area contributed by atoms with E-state index in [1.54, 1.807) is 0 Å². The maximum atomic E-state index is 9.06. The topological polar surface area (TPSA) is 35.5 Å². The van der Waals surface area contributed by atoms with Crippen LogP contribution in [-0.4, -0.2) is 42.4 Å². The molecule has 2 N–H and O–H groups in total. The molecule has 1 atom stereocenters. The number of aliphatic hydroxyl groups excluding tert-OH is 1. The molecule has 146 valence electrons. The first-order valence-corrected chi connectivity index (χ1v) is 10.5. The Balaban J connectivity index is 0.00000529. The molecule has 0 saturated carbocycles. The molecular weight excluding hydrogens is 320 g/mol. The van der Waals surface area contributed by atoms with Crippen LogP contribution in [0.1, 0.15) is 96.8 Å². The average Bonchev–Trinajstić information content (AvgIpc) is 2.99. The molecule has 1 rings (SSSR count). The van der Waals surface area contributed by atoms with E-state index in [0.717, 1.165) is 19.6 Å². The van der Waals surface area contributed by atoms with Crippen LogP contribution in [0.3, 0.4) is 0 Å². The Morgan fingerprint density at radius 3 is 1.83 bits per heavy atom. The van der Waals surface area contributed by atoms with Crippen LogP contribution in [0, 0.1) is 0 Å².